The van der Waals surface area contributed by atoms with Gasteiger partial charge in [-0.3, -0.25) is 9.59 Å². The summed E-state index contributed by atoms with van der Waals surface area (Å²) in [5.74, 6) is -1.25. The third kappa shape index (κ3) is 3.59. The Morgan fingerprint density at radius 3 is 2.48 bits per heavy atom. The van der Waals surface area contributed by atoms with E-state index in [0.717, 1.165) is 11.4 Å². The van der Waals surface area contributed by atoms with Gasteiger partial charge in [-0.25, -0.2) is 4.98 Å². The summed E-state index contributed by atoms with van der Waals surface area (Å²) < 4.78 is 0. The van der Waals surface area contributed by atoms with Crippen molar-refractivity contribution in [1.82, 2.24) is 10.3 Å². The van der Waals surface area contributed by atoms with Crippen LogP contribution >= 0.6 is 11.3 Å². The first-order chi connectivity index (χ1) is 10.9. The average Bonchev–Trinajstić information content (AvgIpc) is 2.94. The van der Waals surface area contributed by atoms with Crippen LogP contribution < -0.4 is 5.32 Å². The highest BCUT2D eigenvalue weighted by Crippen LogP contribution is 2.24. The molecule has 2 rings (SSSR count). The summed E-state index contributed by atoms with van der Waals surface area (Å²) in [5.41, 5.74) is 0.160. The quantitative estimate of drug-likeness (QED) is 0.852. The predicted octanol–water partition coefficient (Wildman–Crippen LogP) is 2.79. The van der Waals surface area contributed by atoms with Gasteiger partial charge in [-0.1, -0.05) is 37.3 Å². The van der Waals surface area contributed by atoms with Crippen molar-refractivity contribution < 1.29 is 14.7 Å². The lowest BCUT2D eigenvalue weighted by atomic mass is 9.82. The molecular formula is C17H20N2O3S. The van der Waals surface area contributed by atoms with Gasteiger partial charge in [0.1, 0.15) is 10.3 Å². The van der Waals surface area contributed by atoms with Crippen LogP contribution in [0.1, 0.15) is 39.8 Å². The number of carboxylic acids is 1. The molecule has 2 N–H and O–H groups in total. The van der Waals surface area contributed by atoms with Gasteiger partial charge in [0.25, 0.3) is 5.91 Å². The van der Waals surface area contributed by atoms with Gasteiger partial charge in [0.2, 0.25) is 0 Å². The number of amides is 1. The Bertz CT molecular complexity index is 712. The molecule has 23 heavy (non-hydrogen) atoms. The molecule has 1 unspecified atom stereocenters. The van der Waals surface area contributed by atoms with Crippen LogP contribution in [0, 0.1) is 6.92 Å². The maximum absolute atomic E-state index is 12.4. The molecule has 0 saturated heterocycles. The minimum absolute atomic E-state index is 0.0178. The number of carboxylic acid groups (broad SMARTS) is 1. The van der Waals surface area contributed by atoms with Crippen LogP contribution in [0.4, 0.5) is 0 Å². The monoisotopic (exact) mass is 332 g/mol. The number of hydrogen-bond donors (Lipinski definition) is 2. The molecule has 0 spiro atoms. The van der Waals surface area contributed by atoms with Gasteiger partial charge in [0, 0.05) is 6.54 Å². The lowest BCUT2D eigenvalue weighted by Gasteiger charge is -2.25. The molecule has 1 heterocycles. The summed E-state index contributed by atoms with van der Waals surface area (Å²) >= 11 is 1.35. The van der Waals surface area contributed by atoms with Gasteiger partial charge >= 0.3 is 5.97 Å². The van der Waals surface area contributed by atoms with Crippen molar-refractivity contribution in [3.05, 3.63) is 51.5 Å². The van der Waals surface area contributed by atoms with Crippen LogP contribution in [0.2, 0.25) is 0 Å². The molecule has 0 radical (unpaired) electrons. The normalized spacial score (nSPS) is 13.3. The molecule has 0 aliphatic rings. The minimum Gasteiger partial charge on any atom is -0.481 e. The zero-order chi connectivity index (χ0) is 17.0. The molecule has 6 heteroatoms. The van der Waals surface area contributed by atoms with Crippen molar-refractivity contribution in [2.75, 3.05) is 6.54 Å². The summed E-state index contributed by atoms with van der Waals surface area (Å²) in [6, 6.07) is 8.93. The fraction of sp³-hybridized carbons (Fsp3) is 0.353. The molecule has 1 amide bonds. The third-order valence-electron chi connectivity index (χ3n) is 3.84. The van der Waals surface area contributed by atoms with Crippen LogP contribution in [-0.2, 0) is 16.6 Å². The molecule has 2 aromatic rings. The number of rotatable bonds is 6. The summed E-state index contributed by atoms with van der Waals surface area (Å²) in [4.78, 5) is 29.0. The summed E-state index contributed by atoms with van der Waals surface area (Å²) in [6.45, 7) is 5.40. The van der Waals surface area contributed by atoms with Gasteiger partial charge < -0.3 is 10.4 Å². The largest absolute Gasteiger partial charge is 0.481 e. The van der Waals surface area contributed by atoms with E-state index in [1.807, 2.05) is 13.0 Å². The van der Waals surface area contributed by atoms with E-state index >= 15 is 0 Å². The van der Waals surface area contributed by atoms with E-state index in [1.54, 1.807) is 38.1 Å². The first-order valence-electron chi connectivity index (χ1n) is 7.42. The van der Waals surface area contributed by atoms with Gasteiger partial charge in [-0.05, 0) is 25.8 Å². The highest BCUT2D eigenvalue weighted by atomic mass is 32.1. The van der Waals surface area contributed by atoms with Gasteiger partial charge in [-0.15, -0.1) is 11.3 Å². The number of benzene rings is 1. The highest BCUT2D eigenvalue weighted by molar-refractivity contribution is 7.13. The second-order valence-corrected chi connectivity index (χ2v) is 6.65. The number of thiazole rings is 1. The van der Waals surface area contributed by atoms with Gasteiger partial charge in [0.15, 0.2) is 0 Å². The maximum Gasteiger partial charge on any atom is 0.315 e. The van der Waals surface area contributed by atoms with Crippen LogP contribution in [0.3, 0.4) is 0 Å². The molecule has 5 nitrogen and oxygen atoms in total. The van der Waals surface area contributed by atoms with Gasteiger partial charge in [-0.2, -0.15) is 0 Å². The zero-order valence-corrected chi connectivity index (χ0v) is 14.2. The Balaban J connectivity index is 2.17. The Morgan fingerprint density at radius 2 is 1.96 bits per heavy atom. The first kappa shape index (κ1) is 17.1. The van der Waals surface area contributed by atoms with Crippen molar-refractivity contribution >= 4 is 23.2 Å². The van der Waals surface area contributed by atoms with E-state index in [1.165, 1.54) is 11.3 Å². The van der Waals surface area contributed by atoms with Crippen molar-refractivity contribution in [2.24, 2.45) is 0 Å². The molecular weight excluding hydrogens is 312 g/mol. The molecule has 1 atom stereocenters. The van der Waals surface area contributed by atoms with E-state index in [-0.39, 0.29) is 12.5 Å². The summed E-state index contributed by atoms with van der Waals surface area (Å²) in [7, 11) is 0. The Kier molecular flexibility index (Phi) is 5.15. The summed E-state index contributed by atoms with van der Waals surface area (Å²) in [5, 5.41) is 13.3. The number of aromatic nitrogens is 1. The number of hydrogen-bond acceptors (Lipinski definition) is 4. The van der Waals surface area contributed by atoms with Crippen molar-refractivity contribution in [2.45, 2.75) is 32.6 Å². The Hall–Kier alpha value is -2.21. The van der Waals surface area contributed by atoms with Crippen LogP contribution in [0.5, 0.6) is 0 Å². The SMILES string of the molecule is CCc1nc(C)c(C(=O)NCC(C)(C(=O)O)c2ccccc2)s1. The van der Waals surface area contributed by atoms with Crippen molar-refractivity contribution in [3.8, 4) is 0 Å². The van der Waals surface area contributed by atoms with E-state index in [9.17, 15) is 14.7 Å². The Labute approximate surface area is 139 Å². The molecule has 0 aliphatic carbocycles. The van der Waals surface area contributed by atoms with Gasteiger partial charge in [0.05, 0.1) is 10.7 Å². The minimum atomic E-state index is -1.18. The smallest absolute Gasteiger partial charge is 0.315 e. The van der Waals surface area contributed by atoms with E-state index in [4.69, 9.17) is 0 Å². The van der Waals surface area contributed by atoms with Crippen LogP contribution in [-0.4, -0.2) is 28.5 Å². The van der Waals surface area contributed by atoms with E-state index in [2.05, 4.69) is 10.3 Å². The average molecular weight is 332 g/mol. The summed E-state index contributed by atoms with van der Waals surface area (Å²) in [6.07, 6.45) is 0.773. The van der Waals surface area contributed by atoms with E-state index in [0.29, 0.717) is 16.1 Å². The Morgan fingerprint density at radius 1 is 1.30 bits per heavy atom. The number of carbonyl (C=O) groups excluding carboxylic acids is 1. The molecule has 1 aromatic carbocycles. The number of nitrogens with zero attached hydrogens (tertiary/aromatic N) is 1. The molecule has 0 bridgehead atoms. The molecule has 0 fully saturated rings. The zero-order valence-electron chi connectivity index (χ0n) is 13.4. The van der Waals surface area contributed by atoms with Crippen LogP contribution in [0.15, 0.2) is 30.3 Å². The van der Waals surface area contributed by atoms with Crippen LogP contribution in [0.25, 0.3) is 0 Å². The highest BCUT2D eigenvalue weighted by Gasteiger charge is 2.35. The second-order valence-electron chi connectivity index (χ2n) is 5.56. The number of nitrogens with one attached hydrogen (secondary N) is 1. The van der Waals surface area contributed by atoms with Crippen molar-refractivity contribution in [3.63, 3.8) is 0 Å². The molecule has 1 aromatic heterocycles. The lowest BCUT2D eigenvalue weighted by molar-refractivity contribution is -0.142. The molecule has 0 aliphatic heterocycles. The first-order valence-corrected chi connectivity index (χ1v) is 8.23. The predicted molar refractivity (Wildman–Crippen MR) is 90.0 cm³/mol. The topological polar surface area (TPSA) is 79.3 Å². The molecule has 122 valence electrons. The standard InChI is InChI=1S/C17H20N2O3S/c1-4-13-19-11(2)14(23-13)15(20)18-10-17(3,16(21)22)12-8-6-5-7-9-12/h5-9H,4,10H2,1-3H3,(H,18,20)(H,21,22). The molecule has 0 saturated carbocycles. The number of carbonyl (C=O) groups is 2. The number of aryl methyl sites for hydroxylation is 2. The lowest BCUT2D eigenvalue weighted by Crippen LogP contribution is -2.44. The maximum atomic E-state index is 12.4. The fourth-order valence-electron chi connectivity index (χ4n) is 2.26. The number of aliphatic carboxylic acids is 1. The van der Waals surface area contributed by atoms with Crippen molar-refractivity contribution in [1.29, 1.82) is 0 Å². The third-order valence-corrected chi connectivity index (χ3v) is 5.14. The second kappa shape index (κ2) is 6.91. The van der Waals surface area contributed by atoms with E-state index < -0.39 is 11.4 Å². The fourth-order valence-corrected chi connectivity index (χ4v) is 3.18.